The molecule has 14 nitrogen and oxygen atoms in total. The molecular weight excluding hydrogens is 972 g/mol. The maximum absolute atomic E-state index is 15.1. The number of methoxy groups -OCH3 is 2. The van der Waals surface area contributed by atoms with E-state index in [4.69, 9.17) is 28.4 Å². The zero-order valence-electron chi connectivity index (χ0n) is 31.6. The van der Waals surface area contributed by atoms with Gasteiger partial charge in [-0.15, -0.1) is 0 Å². The molecule has 7 heterocycles. The molecule has 0 aromatic heterocycles. The molecule has 300 valence electrons. The molecule has 3 aromatic rings. The van der Waals surface area contributed by atoms with Gasteiger partial charge in [0.05, 0.1) is 0 Å². The maximum atomic E-state index is 15.1. The van der Waals surface area contributed by atoms with Crippen LogP contribution in [0.1, 0.15) is 68.8 Å². The van der Waals surface area contributed by atoms with Crippen molar-refractivity contribution in [2.45, 2.75) is 74.8 Å². The van der Waals surface area contributed by atoms with E-state index in [-0.39, 0.29) is 42.4 Å². The number of hydrogen-bond donors (Lipinski definition) is 3. The average molecular weight is 1010 g/mol. The van der Waals surface area contributed by atoms with Gasteiger partial charge in [0.2, 0.25) is 0 Å². The van der Waals surface area contributed by atoms with Gasteiger partial charge in [-0.05, 0) is 0 Å². The minimum atomic E-state index is -1.27. The van der Waals surface area contributed by atoms with Crippen LogP contribution in [-0.4, -0.2) is 105 Å². The van der Waals surface area contributed by atoms with E-state index in [1.807, 2.05) is 31.9 Å². The van der Waals surface area contributed by atoms with Gasteiger partial charge in [-0.1, -0.05) is 0 Å². The van der Waals surface area contributed by atoms with Gasteiger partial charge in [0.1, 0.15) is 0 Å². The van der Waals surface area contributed by atoms with Crippen molar-refractivity contribution in [2.24, 2.45) is 0 Å². The number of rotatable bonds is 4. The molecule has 56 heavy (non-hydrogen) atoms. The second-order valence-corrected chi connectivity index (χ2v) is 20.2. The quantitative estimate of drug-likeness (QED) is 0.149. The number of ether oxygens (including phenoxy) is 6. The number of benzene rings is 3. The number of phenolic OH excluding ortho intramolecular Hbond substituents is 2. The Labute approximate surface area is 348 Å². The Morgan fingerprint density at radius 2 is 1.80 bits per heavy atom. The first kappa shape index (κ1) is 38.6. The van der Waals surface area contributed by atoms with Crippen molar-refractivity contribution in [2.75, 3.05) is 47.0 Å². The van der Waals surface area contributed by atoms with Crippen molar-refractivity contribution < 1.29 is 70.8 Å². The van der Waals surface area contributed by atoms with Crippen LogP contribution in [0.2, 0.25) is 0 Å². The fourth-order valence-corrected chi connectivity index (χ4v) is 16.8. The molecule has 3 aromatic carbocycles. The van der Waals surface area contributed by atoms with Gasteiger partial charge in [0.15, 0.2) is 0 Å². The van der Waals surface area contributed by atoms with E-state index in [1.54, 1.807) is 19.2 Å². The fraction of sp³-hybridized carbons (Fsp3) is 0.487. The topological polar surface area (TPSA) is 160 Å². The minimum absolute atomic E-state index is 0.00340. The van der Waals surface area contributed by atoms with Gasteiger partial charge in [0.25, 0.3) is 0 Å². The Hall–Kier alpha value is -2.95. The number of aliphatic hydroxyl groups is 1. The predicted molar refractivity (Wildman–Crippen MR) is 207 cm³/mol. The van der Waals surface area contributed by atoms with Gasteiger partial charge in [-0.25, -0.2) is 0 Å². The third-order valence-corrected chi connectivity index (χ3v) is 18.6. The van der Waals surface area contributed by atoms with Crippen molar-refractivity contribution >= 4 is 42.3 Å². The van der Waals surface area contributed by atoms with E-state index in [0.29, 0.717) is 70.2 Å². The summed E-state index contributed by atoms with van der Waals surface area (Å²) in [5, 5.41) is 35.0. The molecule has 7 aliphatic heterocycles. The number of aliphatic hydroxyl groups excluding tert-OH is 1. The van der Waals surface area contributed by atoms with Crippen LogP contribution >= 0.6 is 30.4 Å². The molecular formula is C39H42I2N3O11S-. The fourth-order valence-electron chi connectivity index (χ4n) is 10.1. The number of piperazine rings is 1. The number of likely N-dealkylation sites (N-methyl/N-ethyl adjacent to an activating group) is 1. The third-order valence-electron chi connectivity index (χ3n) is 12.5. The van der Waals surface area contributed by atoms with E-state index in [1.165, 1.54) is 25.8 Å². The zero-order valence-corrected chi connectivity index (χ0v) is 36.7. The second kappa shape index (κ2) is 14.1. The normalized spacial score (nSPS) is 29.2. The number of phenols is 2. The molecule has 4 bridgehead atoms. The Balaban J connectivity index is 1.34. The average Bonchev–Trinajstić information content (AvgIpc) is 3.66. The molecule has 7 atom stereocenters. The summed E-state index contributed by atoms with van der Waals surface area (Å²) in [5.74, 6) is 1.19. The van der Waals surface area contributed by atoms with E-state index < -0.39 is 64.6 Å². The van der Waals surface area contributed by atoms with E-state index >= 15 is 4.79 Å². The molecule has 0 saturated carbocycles. The molecule has 0 amide bonds. The van der Waals surface area contributed by atoms with Crippen molar-refractivity contribution in [1.29, 1.82) is 0 Å². The Morgan fingerprint density at radius 3 is 2.52 bits per heavy atom. The summed E-state index contributed by atoms with van der Waals surface area (Å²) in [5.41, 5.74) is 4.64. The van der Waals surface area contributed by atoms with E-state index in [0.717, 1.165) is 16.7 Å². The summed E-state index contributed by atoms with van der Waals surface area (Å²) in [6.07, 6.45) is 0.0377. The SMILES string of the molecule is COc1cc2c(cc1O)CCN([I-]I)[C@]21CS[C@@H]2c3c(OC(C)=O)c(C)c4c(c3[C@@H](COC1=O)N1[C@@H]2[C@H]2c3c(cc(C)c(OC)c3O)C[C@@H]([C@@H]1O)N2C)OCO4. The number of halogens is 2. The van der Waals surface area contributed by atoms with Crippen LogP contribution in [0, 0.1) is 13.8 Å². The summed E-state index contributed by atoms with van der Waals surface area (Å²) < 4.78 is 38.6. The third kappa shape index (κ3) is 5.32. The van der Waals surface area contributed by atoms with Crippen LogP contribution < -0.4 is 41.2 Å². The molecule has 7 aliphatic rings. The van der Waals surface area contributed by atoms with Crippen LogP contribution in [-0.2, 0) is 32.7 Å². The van der Waals surface area contributed by atoms with Crippen molar-refractivity contribution in [3.63, 3.8) is 0 Å². The van der Waals surface area contributed by atoms with Gasteiger partial charge in [-0.3, -0.25) is 0 Å². The van der Waals surface area contributed by atoms with Gasteiger partial charge < -0.3 is 0 Å². The molecule has 3 N–H and O–H groups in total. The van der Waals surface area contributed by atoms with Crippen LogP contribution in [0.15, 0.2) is 18.2 Å². The van der Waals surface area contributed by atoms with Crippen LogP contribution in [0.25, 0.3) is 0 Å². The van der Waals surface area contributed by atoms with Gasteiger partial charge in [0, 0.05) is 0 Å². The number of carbonyl (C=O) groups is 2. The van der Waals surface area contributed by atoms with Crippen LogP contribution in [0.5, 0.6) is 40.2 Å². The number of esters is 2. The molecule has 0 radical (unpaired) electrons. The molecule has 17 heteroatoms. The molecule has 2 saturated heterocycles. The Kier molecular flexibility index (Phi) is 9.72. The number of hydrogen-bond acceptors (Lipinski definition) is 15. The number of aromatic hydroxyl groups is 2. The standard InChI is InChI=1S/C39H42I2N3O11S/c1-16-9-20-10-22-37(48)44-23-13-52-38(49)39(21-12-25(50-5)24(46)11-19(21)7-8-43(39)41-40)14-56-36(30(44)29(42(22)4)26(20)31(47)32(16)51-6)28-27(23)35-34(53-15-54-35)17(2)33(28)55-18(3)45/h9,11-12,22-23,29-30,36-37,46-48H,7-8,10,13-15H2,1-6H3/q-1/t22-,23+,29+,30+,36+,37-,39+/m0/s1. The number of nitrogens with zero attached hydrogens (tertiary/aromatic N) is 3. The van der Waals surface area contributed by atoms with Crippen LogP contribution in [0.3, 0.4) is 0 Å². The molecule has 10 rings (SSSR count). The summed E-state index contributed by atoms with van der Waals surface area (Å²) >= 11 is 3.21. The molecule has 2 fully saturated rings. The summed E-state index contributed by atoms with van der Waals surface area (Å²) in [6, 6.07) is 3.28. The summed E-state index contributed by atoms with van der Waals surface area (Å²) in [4.78, 5) is 32.2. The summed E-state index contributed by atoms with van der Waals surface area (Å²) in [7, 11) is 5.00. The van der Waals surface area contributed by atoms with Crippen molar-refractivity contribution in [1.82, 2.24) is 12.9 Å². The number of carbonyl (C=O) groups excluding carboxylic acids is 2. The second-order valence-electron chi connectivity index (χ2n) is 15.1. The Bertz CT molecular complexity index is 2190. The monoisotopic (exact) mass is 1010 g/mol. The van der Waals surface area contributed by atoms with E-state index in [9.17, 15) is 20.1 Å². The first-order valence-corrected chi connectivity index (χ1v) is 26.6. The van der Waals surface area contributed by atoms with E-state index in [2.05, 4.69) is 26.6 Å². The summed E-state index contributed by atoms with van der Waals surface area (Å²) in [6.45, 7) is 5.45. The zero-order chi connectivity index (χ0) is 39.5. The Morgan fingerprint density at radius 1 is 1.04 bits per heavy atom. The van der Waals surface area contributed by atoms with Gasteiger partial charge in [-0.2, -0.15) is 0 Å². The van der Waals surface area contributed by atoms with Crippen LogP contribution in [0.4, 0.5) is 0 Å². The first-order chi connectivity index (χ1) is 26.9. The van der Waals surface area contributed by atoms with Crippen molar-refractivity contribution in [3.8, 4) is 40.2 Å². The van der Waals surface area contributed by atoms with Crippen molar-refractivity contribution in [3.05, 3.63) is 62.7 Å². The molecule has 0 aliphatic carbocycles. The molecule has 0 unspecified atom stereocenters. The predicted octanol–water partition coefficient (Wildman–Crippen LogP) is 1.48. The van der Waals surface area contributed by atoms with Gasteiger partial charge >= 0.3 is 351 Å². The number of thioether (sulfide) groups is 1. The first-order valence-electron chi connectivity index (χ1n) is 18.3. The molecule has 1 spiro atoms. The number of fused-ring (bicyclic) bond motifs is 9. The number of aryl methyl sites for hydroxylation is 1.